The van der Waals surface area contributed by atoms with Crippen LogP contribution in [0.2, 0.25) is 0 Å². The third-order valence-corrected chi connectivity index (χ3v) is 2.52. The SMILES string of the molecule is c1ccn2/c(=N/c3nn[nH]n3)snc2c1. The number of nitrogens with zero attached hydrogens (tertiary/aromatic N) is 6. The van der Waals surface area contributed by atoms with E-state index in [0.717, 1.165) is 5.65 Å². The smallest absolute Gasteiger partial charge is 0.275 e. The number of nitrogens with one attached hydrogen (secondary N) is 1. The van der Waals surface area contributed by atoms with Crippen LogP contribution in [0.4, 0.5) is 5.95 Å². The van der Waals surface area contributed by atoms with Gasteiger partial charge in [-0.1, -0.05) is 11.2 Å². The maximum atomic E-state index is 4.22. The van der Waals surface area contributed by atoms with Crippen LogP contribution < -0.4 is 4.80 Å². The molecule has 0 atom stereocenters. The van der Waals surface area contributed by atoms with E-state index in [1.54, 1.807) is 0 Å². The molecule has 0 bridgehead atoms. The van der Waals surface area contributed by atoms with Gasteiger partial charge >= 0.3 is 0 Å². The number of H-pyrrole nitrogens is 1. The van der Waals surface area contributed by atoms with E-state index in [4.69, 9.17) is 0 Å². The molecule has 0 fully saturated rings. The molecule has 3 aromatic heterocycles. The second-order valence-electron chi connectivity index (χ2n) is 2.72. The number of hydrogen-bond donors (Lipinski definition) is 1. The molecule has 0 radical (unpaired) electrons. The van der Waals surface area contributed by atoms with Crippen molar-refractivity contribution in [2.45, 2.75) is 0 Å². The Balaban J connectivity index is 2.28. The Hall–Kier alpha value is -2.09. The molecule has 3 heterocycles. The van der Waals surface area contributed by atoms with Crippen LogP contribution in [0.3, 0.4) is 0 Å². The van der Waals surface area contributed by atoms with E-state index in [1.165, 1.54) is 11.5 Å². The van der Waals surface area contributed by atoms with Gasteiger partial charge < -0.3 is 0 Å². The predicted octanol–water partition coefficient (Wildman–Crippen LogP) is 0.141. The van der Waals surface area contributed by atoms with Crippen LogP contribution in [0.15, 0.2) is 29.4 Å². The quantitative estimate of drug-likeness (QED) is 0.631. The fraction of sp³-hybridized carbons (Fsp3) is 0. The maximum Gasteiger partial charge on any atom is 0.291 e. The largest absolute Gasteiger partial charge is 0.291 e. The lowest BCUT2D eigenvalue weighted by atomic mass is 10.5. The minimum atomic E-state index is 0.303. The molecule has 0 aliphatic rings. The zero-order valence-electron chi connectivity index (χ0n) is 7.40. The van der Waals surface area contributed by atoms with Gasteiger partial charge in [-0.25, -0.2) is 0 Å². The van der Waals surface area contributed by atoms with Crippen LogP contribution >= 0.6 is 11.5 Å². The third kappa shape index (κ3) is 1.40. The number of fused-ring (bicyclic) bond motifs is 1. The molecular formula is C7H5N7S. The maximum absolute atomic E-state index is 4.22. The molecule has 0 saturated heterocycles. The lowest BCUT2D eigenvalue weighted by molar-refractivity contribution is 0.881. The van der Waals surface area contributed by atoms with Crippen LogP contribution in [0.5, 0.6) is 0 Å². The summed E-state index contributed by atoms with van der Waals surface area (Å²) in [6.45, 7) is 0. The van der Waals surface area contributed by atoms with Crippen molar-refractivity contribution in [2.75, 3.05) is 0 Å². The number of pyridine rings is 1. The number of hydrogen-bond acceptors (Lipinski definition) is 6. The summed E-state index contributed by atoms with van der Waals surface area (Å²) in [6.07, 6.45) is 1.89. The van der Waals surface area contributed by atoms with Gasteiger partial charge in [0.1, 0.15) is 0 Å². The zero-order valence-corrected chi connectivity index (χ0v) is 8.22. The first kappa shape index (κ1) is 8.24. The Morgan fingerprint density at radius 3 is 3.27 bits per heavy atom. The molecule has 0 aromatic carbocycles. The highest BCUT2D eigenvalue weighted by Crippen LogP contribution is 2.00. The molecule has 0 spiro atoms. The number of aromatic amines is 1. The third-order valence-electron chi connectivity index (χ3n) is 1.80. The Kier molecular flexibility index (Phi) is 1.78. The monoisotopic (exact) mass is 219 g/mol. The van der Waals surface area contributed by atoms with E-state index in [9.17, 15) is 0 Å². The summed E-state index contributed by atoms with van der Waals surface area (Å²) in [4.78, 5) is 4.91. The average molecular weight is 219 g/mol. The van der Waals surface area contributed by atoms with E-state index in [-0.39, 0.29) is 0 Å². The summed E-state index contributed by atoms with van der Waals surface area (Å²) in [7, 11) is 0. The average Bonchev–Trinajstić information content (AvgIpc) is 2.89. The summed E-state index contributed by atoms with van der Waals surface area (Å²) in [5.74, 6) is 0.303. The van der Waals surface area contributed by atoms with E-state index >= 15 is 0 Å². The van der Waals surface area contributed by atoms with E-state index in [2.05, 4.69) is 30.0 Å². The second kappa shape index (κ2) is 3.24. The van der Waals surface area contributed by atoms with Gasteiger partial charge in [-0.2, -0.15) is 14.6 Å². The lowest BCUT2D eigenvalue weighted by Gasteiger charge is -1.88. The Morgan fingerprint density at radius 2 is 2.40 bits per heavy atom. The molecule has 0 saturated carbocycles. The van der Waals surface area contributed by atoms with Gasteiger partial charge in [0.15, 0.2) is 5.65 Å². The molecule has 3 rings (SSSR count). The number of aromatic nitrogens is 6. The zero-order chi connectivity index (χ0) is 10.1. The summed E-state index contributed by atoms with van der Waals surface area (Å²) in [6, 6.07) is 5.75. The molecule has 0 aliphatic carbocycles. The van der Waals surface area contributed by atoms with Crippen molar-refractivity contribution in [3.05, 3.63) is 29.2 Å². The fourth-order valence-electron chi connectivity index (χ4n) is 1.17. The molecule has 0 aliphatic heterocycles. The molecule has 0 unspecified atom stereocenters. The van der Waals surface area contributed by atoms with E-state index in [1.807, 2.05) is 28.8 Å². The normalized spacial score (nSPS) is 12.4. The van der Waals surface area contributed by atoms with E-state index < -0.39 is 0 Å². The molecule has 15 heavy (non-hydrogen) atoms. The van der Waals surface area contributed by atoms with Gasteiger partial charge in [0.25, 0.3) is 5.95 Å². The highest BCUT2D eigenvalue weighted by molar-refractivity contribution is 7.03. The highest BCUT2D eigenvalue weighted by Gasteiger charge is 1.99. The lowest BCUT2D eigenvalue weighted by Crippen LogP contribution is -2.04. The van der Waals surface area contributed by atoms with Gasteiger partial charge in [-0.3, -0.25) is 4.40 Å². The van der Waals surface area contributed by atoms with Crippen LogP contribution in [-0.2, 0) is 0 Å². The van der Waals surface area contributed by atoms with Crippen molar-refractivity contribution in [3.8, 4) is 0 Å². The van der Waals surface area contributed by atoms with Gasteiger partial charge in [0.05, 0.1) is 0 Å². The topological polar surface area (TPSA) is 84.1 Å². The first-order chi connectivity index (χ1) is 7.43. The summed E-state index contributed by atoms with van der Waals surface area (Å²) in [5.41, 5.74) is 0.852. The first-order valence-corrected chi connectivity index (χ1v) is 4.92. The number of tetrazole rings is 1. The molecule has 8 heteroatoms. The predicted molar refractivity (Wildman–Crippen MR) is 52.5 cm³/mol. The molecule has 1 N–H and O–H groups in total. The molecule has 3 aromatic rings. The van der Waals surface area contributed by atoms with Crippen molar-refractivity contribution < 1.29 is 0 Å². The van der Waals surface area contributed by atoms with Crippen molar-refractivity contribution in [2.24, 2.45) is 4.99 Å². The molecule has 7 nitrogen and oxygen atoms in total. The van der Waals surface area contributed by atoms with E-state index in [0.29, 0.717) is 10.7 Å². The Bertz CT molecular complexity index is 634. The summed E-state index contributed by atoms with van der Waals surface area (Å²) < 4.78 is 6.09. The number of rotatable bonds is 1. The first-order valence-electron chi connectivity index (χ1n) is 4.15. The Morgan fingerprint density at radius 1 is 1.40 bits per heavy atom. The van der Waals surface area contributed by atoms with Crippen molar-refractivity contribution in [3.63, 3.8) is 0 Å². The van der Waals surface area contributed by atoms with Gasteiger partial charge in [-0.15, -0.1) is 5.10 Å². The highest BCUT2D eigenvalue weighted by atomic mass is 32.1. The van der Waals surface area contributed by atoms with Crippen molar-refractivity contribution in [1.82, 2.24) is 29.4 Å². The van der Waals surface area contributed by atoms with Gasteiger partial charge in [0.2, 0.25) is 4.80 Å². The minimum Gasteiger partial charge on any atom is -0.275 e. The van der Waals surface area contributed by atoms with Crippen LogP contribution in [-0.4, -0.2) is 29.4 Å². The summed E-state index contributed by atoms with van der Waals surface area (Å²) in [5, 5.41) is 13.3. The minimum absolute atomic E-state index is 0.303. The van der Waals surface area contributed by atoms with Gasteiger partial charge in [-0.05, 0) is 17.3 Å². The summed E-state index contributed by atoms with van der Waals surface area (Å²) >= 11 is 1.29. The molecule has 74 valence electrons. The standard InChI is InChI=1S/C7H5N7S/c1-2-4-14-5(3-1)11-15-7(14)8-6-9-12-13-10-6/h1-4H,(H,9,10,12,13)/b8-7-. The van der Waals surface area contributed by atoms with Crippen LogP contribution in [0.25, 0.3) is 5.65 Å². The molecule has 0 amide bonds. The fourth-order valence-corrected chi connectivity index (χ4v) is 1.85. The molecular weight excluding hydrogens is 214 g/mol. The Labute approximate surface area is 87.3 Å². The van der Waals surface area contributed by atoms with Crippen molar-refractivity contribution in [1.29, 1.82) is 0 Å². The van der Waals surface area contributed by atoms with Crippen LogP contribution in [0, 0.1) is 0 Å². The van der Waals surface area contributed by atoms with Gasteiger partial charge in [0, 0.05) is 17.7 Å². The van der Waals surface area contributed by atoms with Crippen LogP contribution in [0.1, 0.15) is 0 Å². The second-order valence-corrected chi connectivity index (χ2v) is 3.45. The van der Waals surface area contributed by atoms with Crippen molar-refractivity contribution >= 4 is 23.1 Å².